The Labute approximate surface area is 175 Å². The number of nitrogens with one attached hydrogen (secondary N) is 1. The predicted molar refractivity (Wildman–Crippen MR) is 111 cm³/mol. The summed E-state index contributed by atoms with van der Waals surface area (Å²) in [6, 6.07) is 19.2. The van der Waals surface area contributed by atoms with Crippen molar-refractivity contribution in [3.05, 3.63) is 84.4 Å². The molecule has 0 radical (unpaired) electrons. The smallest absolute Gasteiger partial charge is 0.264 e. The van der Waals surface area contributed by atoms with Gasteiger partial charge in [0.15, 0.2) is 6.61 Å². The molecule has 0 fully saturated rings. The SMILES string of the molecule is O=C(COc1ccc(F)cc1)Nc1nnc(-c2ccccc2-c2ccc(F)cc2)s1. The Bertz CT molecular complexity index is 1160. The van der Waals surface area contributed by atoms with E-state index in [2.05, 4.69) is 15.5 Å². The third-order valence-corrected chi connectivity index (χ3v) is 5.04. The number of halogens is 2. The number of carbonyl (C=O) groups is 1. The van der Waals surface area contributed by atoms with Crippen LogP contribution in [0.2, 0.25) is 0 Å². The van der Waals surface area contributed by atoms with Gasteiger partial charge in [-0.2, -0.15) is 0 Å². The molecule has 0 atom stereocenters. The molecule has 0 bridgehead atoms. The fourth-order valence-corrected chi connectivity index (χ4v) is 3.57. The molecular formula is C22H15F2N3O2S. The van der Waals surface area contributed by atoms with E-state index in [-0.39, 0.29) is 18.2 Å². The lowest BCUT2D eigenvalue weighted by Crippen LogP contribution is -2.20. The van der Waals surface area contributed by atoms with Crippen molar-refractivity contribution in [3.8, 4) is 27.4 Å². The normalized spacial score (nSPS) is 10.6. The summed E-state index contributed by atoms with van der Waals surface area (Å²) in [4.78, 5) is 12.1. The molecule has 1 N–H and O–H groups in total. The minimum absolute atomic E-state index is 0.243. The van der Waals surface area contributed by atoms with Crippen molar-refractivity contribution in [1.29, 1.82) is 0 Å². The molecule has 4 aromatic rings. The number of amides is 1. The largest absolute Gasteiger partial charge is 0.484 e. The van der Waals surface area contributed by atoms with Gasteiger partial charge < -0.3 is 4.74 Å². The Morgan fingerprint density at radius 2 is 1.50 bits per heavy atom. The van der Waals surface area contributed by atoms with E-state index in [0.29, 0.717) is 15.9 Å². The summed E-state index contributed by atoms with van der Waals surface area (Å²) in [5.41, 5.74) is 2.55. The average Bonchev–Trinajstić information content (AvgIpc) is 3.22. The number of carbonyl (C=O) groups excluding carboxylic acids is 1. The van der Waals surface area contributed by atoms with Crippen LogP contribution in [-0.2, 0) is 4.79 Å². The van der Waals surface area contributed by atoms with Crippen molar-refractivity contribution >= 4 is 22.4 Å². The summed E-state index contributed by atoms with van der Waals surface area (Å²) in [5, 5.41) is 11.8. The van der Waals surface area contributed by atoms with Gasteiger partial charge in [0, 0.05) is 5.56 Å². The van der Waals surface area contributed by atoms with E-state index < -0.39 is 5.91 Å². The van der Waals surface area contributed by atoms with Crippen LogP contribution in [0, 0.1) is 11.6 Å². The first-order chi connectivity index (χ1) is 14.6. The molecule has 30 heavy (non-hydrogen) atoms. The molecule has 0 aliphatic heterocycles. The molecule has 4 rings (SSSR count). The monoisotopic (exact) mass is 423 g/mol. The zero-order valence-electron chi connectivity index (χ0n) is 15.5. The quantitative estimate of drug-likeness (QED) is 0.465. The first-order valence-corrected chi connectivity index (χ1v) is 9.77. The number of nitrogens with zero attached hydrogens (tertiary/aromatic N) is 2. The molecular weight excluding hydrogens is 408 g/mol. The van der Waals surface area contributed by atoms with Crippen molar-refractivity contribution < 1.29 is 18.3 Å². The Morgan fingerprint density at radius 1 is 0.867 bits per heavy atom. The van der Waals surface area contributed by atoms with Crippen LogP contribution in [0.5, 0.6) is 5.75 Å². The zero-order chi connectivity index (χ0) is 20.9. The number of ether oxygens (including phenoxy) is 1. The van der Waals surface area contributed by atoms with Crippen LogP contribution in [0.1, 0.15) is 0 Å². The maximum atomic E-state index is 13.3. The molecule has 0 aliphatic rings. The summed E-state index contributed by atoms with van der Waals surface area (Å²) in [7, 11) is 0. The van der Waals surface area contributed by atoms with E-state index >= 15 is 0 Å². The minimum atomic E-state index is -0.408. The second-order valence-electron chi connectivity index (χ2n) is 6.26. The zero-order valence-corrected chi connectivity index (χ0v) is 16.3. The highest BCUT2D eigenvalue weighted by atomic mass is 32.1. The molecule has 150 valence electrons. The maximum Gasteiger partial charge on any atom is 0.264 e. The second kappa shape index (κ2) is 8.79. The van der Waals surface area contributed by atoms with Gasteiger partial charge in [-0.3, -0.25) is 10.1 Å². The van der Waals surface area contributed by atoms with Crippen LogP contribution in [0.25, 0.3) is 21.7 Å². The highest BCUT2D eigenvalue weighted by Gasteiger charge is 2.14. The number of rotatable bonds is 6. The summed E-state index contributed by atoms with van der Waals surface area (Å²) in [6.07, 6.45) is 0. The lowest BCUT2D eigenvalue weighted by atomic mass is 10.0. The molecule has 0 saturated heterocycles. The fourth-order valence-electron chi connectivity index (χ4n) is 2.77. The Hall–Kier alpha value is -3.65. The van der Waals surface area contributed by atoms with Gasteiger partial charge in [-0.1, -0.05) is 47.7 Å². The number of aromatic nitrogens is 2. The first-order valence-electron chi connectivity index (χ1n) is 8.95. The Morgan fingerprint density at radius 3 is 2.20 bits per heavy atom. The number of benzene rings is 3. The van der Waals surface area contributed by atoms with Gasteiger partial charge in [-0.15, -0.1) is 10.2 Å². The van der Waals surface area contributed by atoms with Crippen molar-refractivity contribution in [2.24, 2.45) is 0 Å². The molecule has 3 aromatic carbocycles. The molecule has 0 spiro atoms. The molecule has 1 heterocycles. The predicted octanol–water partition coefficient (Wildman–Crippen LogP) is 5.17. The molecule has 8 heteroatoms. The number of anilines is 1. The van der Waals surface area contributed by atoms with Crippen molar-refractivity contribution in [2.45, 2.75) is 0 Å². The van der Waals surface area contributed by atoms with E-state index in [1.165, 1.54) is 47.7 Å². The lowest BCUT2D eigenvalue weighted by Gasteiger charge is -2.07. The van der Waals surface area contributed by atoms with Gasteiger partial charge >= 0.3 is 0 Å². The van der Waals surface area contributed by atoms with Gasteiger partial charge in [0.1, 0.15) is 22.4 Å². The lowest BCUT2D eigenvalue weighted by molar-refractivity contribution is -0.118. The van der Waals surface area contributed by atoms with Gasteiger partial charge in [0.2, 0.25) is 5.13 Å². The molecule has 0 unspecified atom stereocenters. The van der Waals surface area contributed by atoms with Crippen LogP contribution in [0.15, 0.2) is 72.8 Å². The maximum absolute atomic E-state index is 13.3. The first kappa shape index (κ1) is 19.7. The minimum Gasteiger partial charge on any atom is -0.484 e. The van der Waals surface area contributed by atoms with Crippen molar-refractivity contribution in [3.63, 3.8) is 0 Å². The third kappa shape index (κ3) is 4.66. The average molecular weight is 423 g/mol. The van der Waals surface area contributed by atoms with Crippen molar-refractivity contribution in [1.82, 2.24) is 10.2 Å². The molecule has 1 amide bonds. The van der Waals surface area contributed by atoms with Crippen LogP contribution >= 0.6 is 11.3 Å². The van der Waals surface area contributed by atoms with Gasteiger partial charge in [0.05, 0.1) is 0 Å². The topological polar surface area (TPSA) is 64.1 Å². The van der Waals surface area contributed by atoms with Crippen LogP contribution in [-0.4, -0.2) is 22.7 Å². The van der Waals surface area contributed by atoms with Crippen LogP contribution < -0.4 is 10.1 Å². The summed E-state index contributed by atoms with van der Waals surface area (Å²) >= 11 is 1.22. The molecule has 0 saturated carbocycles. The molecule has 5 nitrogen and oxygen atoms in total. The van der Waals surface area contributed by atoms with Crippen LogP contribution in [0.4, 0.5) is 13.9 Å². The van der Waals surface area contributed by atoms with E-state index in [1.54, 1.807) is 12.1 Å². The number of hydrogen-bond donors (Lipinski definition) is 1. The molecule has 0 aliphatic carbocycles. The number of hydrogen-bond acceptors (Lipinski definition) is 5. The highest BCUT2D eigenvalue weighted by molar-refractivity contribution is 7.18. The van der Waals surface area contributed by atoms with Crippen LogP contribution in [0.3, 0.4) is 0 Å². The highest BCUT2D eigenvalue weighted by Crippen LogP contribution is 2.34. The van der Waals surface area contributed by atoms with E-state index in [0.717, 1.165) is 16.7 Å². The van der Waals surface area contributed by atoms with E-state index in [4.69, 9.17) is 4.74 Å². The van der Waals surface area contributed by atoms with Crippen molar-refractivity contribution in [2.75, 3.05) is 11.9 Å². The fraction of sp³-hybridized carbons (Fsp3) is 0.0455. The summed E-state index contributed by atoms with van der Waals surface area (Å²) in [6.45, 7) is -0.243. The molecule has 1 aromatic heterocycles. The summed E-state index contributed by atoms with van der Waals surface area (Å²) < 4.78 is 31.5. The van der Waals surface area contributed by atoms with Gasteiger partial charge in [0.25, 0.3) is 5.91 Å². The van der Waals surface area contributed by atoms with E-state index in [9.17, 15) is 13.6 Å². The van der Waals surface area contributed by atoms with E-state index in [1.807, 2.05) is 24.3 Å². The Kier molecular flexibility index (Phi) is 5.76. The second-order valence-corrected chi connectivity index (χ2v) is 7.23. The standard InChI is InChI=1S/C22H15F2N3O2S/c23-15-7-5-14(6-8-15)18-3-1-2-4-19(18)21-26-27-22(30-21)25-20(28)13-29-17-11-9-16(24)10-12-17/h1-12H,13H2,(H,25,27,28). The Balaban J connectivity index is 1.46. The summed E-state index contributed by atoms with van der Waals surface area (Å²) in [5.74, 6) is -0.708. The van der Waals surface area contributed by atoms with Gasteiger partial charge in [-0.05, 0) is 47.5 Å². The van der Waals surface area contributed by atoms with Gasteiger partial charge in [-0.25, -0.2) is 8.78 Å². The third-order valence-electron chi connectivity index (χ3n) is 4.17.